The molecular weight excluding hydrogens is 292 g/mol. The third-order valence-corrected chi connectivity index (χ3v) is 5.21. The molecule has 1 aromatic heterocycles. The highest BCUT2D eigenvalue weighted by Gasteiger charge is 2.39. The van der Waals surface area contributed by atoms with Gasteiger partial charge in [-0.2, -0.15) is 9.40 Å². The minimum atomic E-state index is -3.59. The van der Waals surface area contributed by atoms with Crippen LogP contribution in [0.2, 0.25) is 0 Å². The molecule has 1 saturated heterocycles. The zero-order valence-corrected chi connectivity index (χ0v) is 13.8. The van der Waals surface area contributed by atoms with Crippen LogP contribution in [0.25, 0.3) is 0 Å². The number of nitrogens with one attached hydrogen (secondary N) is 2. The number of hydrogen-bond acceptors (Lipinski definition) is 5. The van der Waals surface area contributed by atoms with Crippen molar-refractivity contribution >= 4 is 10.0 Å². The van der Waals surface area contributed by atoms with Crippen molar-refractivity contribution in [1.29, 1.82) is 0 Å². The van der Waals surface area contributed by atoms with E-state index in [4.69, 9.17) is 4.74 Å². The number of rotatable bonds is 5. The Balaban J connectivity index is 2.27. The maximum atomic E-state index is 12.8. The molecule has 1 fully saturated rings. The van der Waals surface area contributed by atoms with Gasteiger partial charge in [0.25, 0.3) is 10.0 Å². The van der Waals surface area contributed by atoms with E-state index in [1.807, 2.05) is 27.7 Å². The Bertz CT molecular complexity index is 582. The van der Waals surface area contributed by atoms with E-state index in [1.54, 1.807) is 6.20 Å². The van der Waals surface area contributed by atoms with E-state index in [0.717, 1.165) is 6.54 Å². The predicted molar refractivity (Wildman–Crippen MR) is 79.4 cm³/mol. The topological polar surface area (TPSA) is 87.3 Å². The first-order valence-corrected chi connectivity index (χ1v) is 8.61. The summed E-state index contributed by atoms with van der Waals surface area (Å²) in [6.07, 6.45) is 1.42. The van der Waals surface area contributed by atoms with Gasteiger partial charge < -0.3 is 10.1 Å². The quantitative estimate of drug-likeness (QED) is 0.835. The molecule has 1 unspecified atom stereocenters. The summed E-state index contributed by atoms with van der Waals surface area (Å²) in [6, 6.07) is 0. The highest BCUT2D eigenvalue weighted by atomic mass is 32.2. The number of ether oxygens (including phenoxy) is 1. The first-order chi connectivity index (χ1) is 9.76. The minimum absolute atomic E-state index is 0.135. The van der Waals surface area contributed by atoms with Crippen molar-refractivity contribution in [2.75, 3.05) is 19.6 Å². The van der Waals surface area contributed by atoms with Crippen LogP contribution in [0.5, 0.6) is 0 Å². The lowest BCUT2D eigenvalue weighted by Gasteiger charge is -2.40. The van der Waals surface area contributed by atoms with Crippen LogP contribution in [0.15, 0.2) is 11.2 Å². The molecule has 1 aliphatic rings. The van der Waals surface area contributed by atoms with Gasteiger partial charge in [0.05, 0.1) is 17.9 Å². The number of aromatic nitrogens is 2. The van der Waals surface area contributed by atoms with Gasteiger partial charge in [-0.3, -0.25) is 5.10 Å². The summed E-state index contributed by atoms with van der Waals surface area (Å²) in [6.45, 7) is 9.59. The van der Waals surface area contributed by atoms with Crippen LogP contribution in [-0.4, -0.2) is 54.3 Å². The van der Waals surface area contributed by atoms with Gasteiger partial charge in [0.15, 0.2) is 5.03 Å². The summed E-state index contributed by atoms with van der Waals surface area (Å²) < 4.78 is 32.9. The lowest BCUT2D eigenvalue weighted by atomic mass is 10.1. The SMILES string of the molecule is CCNCc1cn[nH]c1S(=O)(=O)N1CC(C)OC(C)(C)C1. The van der Waals surface area contributed by atoms with Gasteiger partial charge in [-0.15, -0.1) is 0 Å². The standard InChI is InChI=1S/C13H24N4O3S/c1-5-14-6-11-7-15-16-12(11)21(18,19)17-8-10(2)20-13(3,4)9-17/h7,10,14H,5-6,8-9H2,1-4H3,(H,15,16). The van der Waals surface area contributed by atoms with E-state index in [2.05, 4.69) is 15.5 Å². The fourth-order valence-electron chi connectivity index (χ4n) is 2.62. The zero-order valence-electron chi connectivity index (χ0n) is 13.0. The van der Waals surface area contributed by atoms with Crippen molar-refractivity contribution in [1.82, 2.24) is 19.8 Å². The Morgan fingerprint density at radius 3 is 2.90 bits per heavy atom. The maximum Gasteiger partial charge on any atom is 0.260 e. The second-order valence-electron chi connectivity index (χ2n) is 5.99. The molecule has 0 amide bonds. The normalized spacial score (nSPS) is 23.3. The molecule has 2 heterocycles. The maximum absolute atomic E-state index is 12.8. The van der Waals surface area contributed by atoms with Crippen LogP contribution in [0, 0.1) is 0 Å². The number of aromatic amines is 1. The summed E-state index contributed by atoms with van der Waals surface area (Å²) >= 11 is 0. The van der Waals surface area contributed by atoms with E-state index in [9.17, 15) is 8.42 Å². The summed E-state index contributed by atoms with van der Waals surface area (Å²) in [5.74, 6) is 0. The Hall–Kier alpha value is -0.960. The van der Waals surface area contributed by atoms with E-state index < -0.39 is 15.6 Å². The predicted octanol–water partition coefficient (Wildman–Crippen LogP) is 0.707. The van der Waals surface area contributed by atoms with Crippen LogP contribution >= 0.6 is 0 Å². The summed E-state index contributed by atoms with van der Waals surface area (Å²) in [5.41, 5.74) is 0.167. The van der Waals surface area contributed by atoms with E-state index in [1.165, 1.54) is 4.31 Å². The molecule has 1 atom stereocenters. The molecule has 1 aliphatic heterocycles. The van der Waals surface area contributed by atoms with E-state index in [0.29, 0.717) is 25.2 Å². The molecule has 0 aliphatic carbocycles. The third-order valence-electron chi connectivity index (χ3n) is 3.38. The molecule has 7 nitrogen and oxygen atoms in total. The zero-order chi connectivity index (χ0) is 15.7. The van der Waals surface area contributed by atoms with Crippen molar-refractivity contribution in [2.45, 2.75) is 51.0 Å². The van der Waals surface area contributed by atoms with Gasteiger partial charge in [0.2, 0.25) is 0 Å². The molecule has 120 valence electrons. The van der Waals surface area contributed by atoms with Crippen LogP contribution in [0.4, 0.5) is 0 Å². The number of H-pyrrole nitrogens is 1. The molecule has 1 aromatic rings. The molecular formula is C13H24N4O3S. The molecule has 2 rings (SSSR count). The summed E-state index contributed by atoms with van der Waals surface area (Å²) in [5, 5.41) is 9.82. The molecule has 0 spiro atoms. The smallest absolute Gasteiger partial charge is 0.260 e. The van der Waals surface area contributed by atoms with Gasteiger partial charge in [-0.25, -0.2) is 8.42 Å². The second-order valence-corrected chi connectivity index (χ2v) is 7.87. The summed E-state index contributed by atoms with van der Waals surface area (Å²) in [7, 11) is -3.59. The molecule has 8 heteroatoms. The number of morpholine rings is 1. The first-order valence-electron chi connectivity index (χ1n) is 7.17. The van der Waals surface area contributed by atoms with Gasteiger partial charge in [-0.1, -0.05) is 6.92 Å². The van der Waals surface area contributed by atoms with Crippen LogP contribution < -0.4 is 5.32 Å². The van der Waals surface area contributed by atoms with Crippen molar-refractivity contribution < 1.29 is 13.2 Å². The third kappa shape index (κ3) is 3.63. The van der Waals surface area contributed by atoms with E-state index >= 15 is 0 Å². The highest BCUT2D eigenvalue weighted by molar-refractivity contribution is 7.89. The minimum Gasteiger partial charge on any atom is -0.370 e. The first kappa shape index (κ1) is 16.4. The second kappa shape index (κ2) is 6.04. The Kier molecular flexibility index (Phi) is 4.72. The van der Waals surface area contributed by atoms with Gasteiger partial charge in [-0.05, 0) is 27.3 Å². The van der Waals surface area contributed by atoms with Crippen molar-refractivity contribution in [3.63, 3.8) is 0 Å². The lowest BCUT2D eigenvalue weighted by Crippen LogP contribution is -2.53. The van der Waals surface area contributed by atoms with Crippen LogP contribution in [0.3, 0.4) is 0 Å². The largest absolute Gasteiger partial charge is 0.370 e. The van der Waals surface area contributed by atoms with Crippen LogP contribution in [-0.2, 0) is 21.3 Å². The van der Waals surface area contributed by atoms with Gasteiger partial charge in [0.1, 0.15) is 0 Å². The molecule has 2 N–H and O–H groups in total. The molecule has 21 heavy (non-hydrogen) atoms. The van der Waals surface area contributed by atoms with Gasteiger partial charge in [0, 0.05) is 25.2 Å². The lowest BCUT2D eigenvalue weighted by molar-refractivity contribution is -0.109. The highest BCUT2D eigenvalue weighted by Crippen LogP contribution is 2.26. The fraction of sp³-hybridized carbons (Fsp3) is 0.769. The van der Waals surface area contributed by atoms with Gasteiger partial charge >= 0.3 is 0 Å². The molecule has 0 radical (unpaired) electrons. The number of hydrogen-bond donors (Lipinski definition) is 2. The Morgan fingerprint density at radius 2 is 2.29 bits per heavy atom. The van der Waals surface area contributed by atoms with E-state index in [-0.39, 0.29) is 11.1 Å². The van der Waals surface area contributed by atoms with Crippen LogP contribution in [0.1, 0.15) is 33.3 Å². The molecule has 0 saturated carbocycles. The average molecular weight is 316 g/mol. The number of sulfonamides is 1. The average Bonchev–Trinajstić information content (AvgIpc) is 2.82. The van der Waals surface area contributed by atoms with Crippen molar-refractivity contribution in [3.05, 3.63) is 11.8 Å². The Morgan fingerprint density at radius 1 is 1.57 bits per heavy atom. The fourth-order valence-corrected chi connectivity index (χ4v) is 4.39. The van der Waals surface area contributed by atoms with Crippen molar-refractivity contribution in [3.8, 4) is 0 Å². The monoisotopic (exact) mass is 316 g/mol. The molecule has 0 aromatic carbocycles. The summed E-state index contributed by atoms with van der Waals surface area (Å²) in [4.78, 5) is 0. The Labute approximate surface area is 126 Å². The number of nitrogens with zero attached hydrogens (tertiary/aromatic N) is 2. The van der Waals surface area contributed by atoms with Crippen molar-refractivity contribution in [2.24, 2.45) is 0 Å². The molecule has 0 bridgehead atoms.